The zero-order valence-corrected chi connectivity index (χ0v) is 8.08. The van der Waals surface area contributed by atoms with Gasteiger partial charge in [0.15, 0.2) is 0 Å². The van der Waals surface area contributed by atoms with Gasteiger partial charge in [-0.15, -0.1) is 0 Å². The highest BCUT2D eigenvalue weighted by molar-refractivity contribution is 8.18. The van der Waals surface area contributed by atoms with Crippen molar-refractivity contribution in [3.63, 3.8) is 0 Å². The second-order valence-electron chi connectivity index (χ2n) is 2.59. The molecule has 0 radical (unpaired) electrons. The van der Waals surface area contributed by atoms with Crippen LogP contribution in [0.1, 0.15) is 13.8 Å². The van der Waals surface area contributed by atoms with E-state index in [4.69, 9.17) is 9.47 Å². The maximum Gasteiger partial charge on any atom is 0.360 e. The van der Waals surface area contributed by atoms with Crippen LogP contribution in [-0.4, -0.2) is 22.6 Å². The molecule has 1 saturated heterocycles. The van der Waals surface area contributed by atoms with E-state index in [0.717, 1.165) is 0 Å². The number of ether oxygens (including phenoxy) is 2. The van der Waals surface area contributed by atoms with E-state index in [2.05, 4.69) is 11.2 Å². The van der Waals surface area contributed by atoms with Crippen molar-refractivity contribution >= 4 is 37.9 Å². The molecule has 66 valence electrons. The number of esters is 2. The van der Waals surface area contributed by atoms with Gasteiger partial charge in [-0.25, -0.2) is 9.59 Å². The average molecular weight is 206 g/mol. The molecule has 1 aliphatic rings. The first-order valence-corrected chi connectivity index (χ1v) is 4.84. The fraction of sp³-hybridized carbons (Fsp3) is 0.500. The number of carbonyl (C=O) groups is 2. The first-order valence-electron chi connectivity index (χ1n) is 3.10. The maximum atomic E-state index is 11.0. The second kappa shape index (κ2) is 2.95. The molecule has 0 atom stereocenters. The molecule has 0 aromatic carbocycles. The first kappa shape index (κ1) is 9.34. The summed E-state index contributed by atoms with van der Waals surface area (Å²) in [7, 11) is 0.614. The largest absolute Gasteiger partial charge is 0.419 e. The lowest BCUT2D eigenvalue weighted by Gasteiger charge is -2.28. The van der Waals surface area contributed by atoms with Crippen LogP contribution in [-0.2, 0) is 40.2 Å². The molecular formula is C6H6O4S2. The van der Waals surface area contributed by atoms with Crippen molar-refractivity contribution in [3.05, 3.63) is 0 Å². The van der Waals surface area contributed by atoms with Crippen LogP contribution in [0.3, 0.4) is 0 Å². The summed E-state index contributed by atoms with van der Waals surface area (Å²) in [5.74, 6) is -2.60. The van der Waals surface area contributed by atoms with E-state index in [1.807, 2.05) is 0 Å². The van der Waals surface area contributed by atoms with Crippen molar-refractivity contribution in [2.45, 2.75) is 19.6 Å². The van der Waals surface area contributed by atoms with Crippen LogP contribution in [0.2, 0.25) is 0 Å². The van der Waals surface area contributed by atoms with E-state index in [9.17, 15) is 9.59 Å². The molecule has 4 nitrogen and oxygen atoms in total. The Hall–Kier alpha value is -0.750. The van der Waals surface area contributed by atoms with Gasteiger partial charge >= 0.3 is 11.9 Å². The van der Waals surface area contributed by atoms with Crippen LogP contribution < -0.4 is 0 Å². The van der Waals surface area contributed by atoms with Crippen molar-refractivity contribution in [1.82, 2.24) is 0 Å². The summed E-state index contributed by atoms with van der Waals surface area (Å²) in [6.45, 7) is 2.96. The van der Waals surface area contributed by atoms with E-state index in [1.165, 1.54) is 13.8 Å². The van der Waals surface area contributed by atoms with Gasteiger partial charge in [-0.1, -0.05) is 9.91 Å². The lowest BCUT2D eigenvalue weighted by molar-refractivity contribution is -0.214. The molecule has 1 aliphatic heterocycles. The van der Waals surface area contributed by atoms with Gasteiger partial charge in [-0.05, 0) is 11.2 Å². The summed E-state index contributed by atoms with van der Waals surface area (Å²) in [6.07, 6.45) is 0. The molecule has 0 aliphatic carbocycles. The molecule has 12 heavy (non-hydrogen) atoms. The highest BCUT2D eigenvalue weighted by Gasteiger charge is 2.39. The zero-order valence-electron chi connectivity index (χ0n) is 6.45. The molecule has 0 amide bonds. The number of hydrogen-bond donors (Lipinski definition) is 0. The molecule has 6 heteroatoms. The van der Waals surface area contributed by atoms with E-state index < -0.39 is 17.7 Å². The number of hydrogen-bond acceptors (Lipinski definition) is 5. The third-order valence-corrected chi connectivity index (χ3v) is 2.13. The molecule has 0 aromatic rings. The Morgan fingerprint density at radius 3 is 2.00 bits per heavy atom. The van der Waals surface area contributed by atoms with Crippen LogP contribution in [0.15, 0.2) is 0 Å². The minimum absolute atomic E-state index is 0.190. The summed E-state index contributed by atoms with van der Waals surface area (Å²) >= 11 is 4.48. The summed E-state index contributed by atoms with van der Waals surface area (Å²) in [6, 6.07) is 0. The van der Waals surface area contributed by atoms with E-state index >= 15 is 0 Å². The standard InChI is InChI=1S/C6H6O4S2/c1-6(2)9-4(7)3(12-11)5(8)10-6/h1-2H3. The van der Waals surface area contributed by atoms with Crippen molar-refractivity contribution in [3.8, 4) is 0 Å². The Labute approximate surface area is 77.0 Å². The summed E-state index contributed by atoms with van der Waals surface area (Å²) in [4.78, 5) is 21.8. The van der Waals surface area contributed by atoms with Gasteiger partial charge in [0.1, 0.15) is 0 Å². The fourth-order valence-corrected chi connectivity index (χ4v) is 1.34. The SMILES string of the molecule is CC1(C)OC(=O)C(=S=S)C(=O)O1. The van der Waals surface area contributed by atoms with Gasteiger partial charge in [0, 0.05) is 13.8 Å². The lowest BCUT2D eigenvalue weighted by Crippen LogP contribution is -2.46. The Morgan fingerprint density at radius 1 is 1.25 bits per heavy atom. The quantitative estimate of drug-likeness (QED) is 0.396. The van der Waals surface area contributed by atoms with Crippen LogP contribution in [0, 0.1) is 0 Å². The molecule has 0 bridgehead atoms. The van der Waals surface area contributed by atoms with Crippen molar-refractivity contribution in [2.75, 3.05) is 0 Å². The normalized spacial score (nSPS) is 21.3. The molecule has 1 rings (SSSR count). The predicted molar refractivity (Wildman–Crippen MR) is 46.0 cm³/mol. The zero-order chi connectivity index (χ0) is 9.35. The van der Waals surface area contributed by atoms with Crippen molar-refractivity contribution < 1.29 is 19.1 Å². The monoisotopic (exact) mass is 206 g/mol. The highest BCUT2D eigenvalue weighted by atomic mass is 32.8. The van der Waals surface area contributed by atoms with Gasteiger partial charge in [0.2, 0.25) is 4.86 Å². The molecule has 0 unspecified atom stereocenters. The Balaban J connectivity index is 3.00. The van der Waals surface area contributed by atoms with Crippen LogP contribution in [0.5, 0.6) is 0 Å². The van der Waals surface area contributed by atoms with E-state index in [0.29, 0.717) is 9.91 Å². The molecule has 0 saturated carbocycles. The topological polar surface area (TPSA) is 52.6 Å². The Bertz CT molecular complexity index is 279. The Kier molecular flexibility index (Phi) is 2.29. The molecule has 1 fully saturated rings. The smallest absolute Gasteiger partial charge is 0.360 e. The van der Waals surface area contributed by atoms with Crippen LogP contribution >= 0.6 is 0 Å². The fourth-order valence-electron chi connectivity index (χ4n) is 0.711. The summed E-state index contributed by atoms with van der Waals surface area (Å²) in [5.41, 5.74) is 0. The van der Waals surface area contributed by atoms with E-state index in [-0.39, 0.29) is 4.86 Å². The molecule has 0 spiro atoms. The van der Waals surface area contributed by atoms with Gasteiger partial charge in [0.25, 0.3) is 5.79 Å². The number of rotatable bonds is 0. The third kappa shape index (κ3) is 1.70. The van der Waals surface area contributed by atoms with Crippen LogP contribution in [0.4, 0.5) is 0 Å². The van der Waals surface area contributed by atoms with Gasteiger partial charge in [-0.2, -0.15) is 0 Å². The minimum atomic E-state index is -1.18. The predicted octanol–water partition coefficient (Wildman–Crippen LogP) is -0.461. The molecule has 0 N–H and O–H groups in total. The maximum absolute atomic E-state index is 11.0. The van der Waals surface area contributed by atoms with Gasteiger partial charge in [-0.3, -0.25) is 0 Å². The minimum Gasteiger partial charge on any atom is -0.419 e. The summed E-state index contributed by atoms with van der Waals surface area (Å²) in [5, 5.41) is 0. The van der Waals surface area contributed by atoms with Gasteiger partial charge < -0.3 is 9.47 Å². The summed E-state index contributed by atoms with van der Waals surface area (Å²) < 4.78 is 9.48. The van der Waals surface area contributed by atoms with Gasteiger partial charge in [0.05, 0.1) is 0 Å². The molecule has 1 heterocycles. The number of carbonyl (C=O) groups excluding carboxylic acids is 2. The molecule has 0 aromatic heterocycles. The number of cyclic esters (lactones) is 2. The average Bonchev–Trinajstić information content (AvgIpc) is 1.82. The van der Waals surface area contributed by atoms with Crippen LogP contribution in [0.25, 0.3) is 0 Å². The lowest BCUT2D eigenvalue weighted by atomic mass is 10.3. The highest BCUT2D eigenvalue weighted by Crippen LogP contribution is 2.16. The second-order valence-corrected chi connectivity index (χ2v) is 3.67. The Morgan fingerprint density at radius 2 is 1.67 bits per heavy atom. The first-order chi connectivity index (χ1) is 5.46. The van der Waals surface area contributed by atoms with Crippen molar-refractivity contribution in [2.24, 2.45) is 0 Å². The molecular weight excluding hydrogens is 200 g/mol. The van der Waals surface area contributed by atoms with E-state index in [1.54, 1.807) is 0 Å². The third-order valence-electron chi connectivity index (χ3n) is 1.13. The van der Waals surface area contributed by atoms with Crippen molar-refractivity contribution in [1.29, 1.82) is 0 Å².